The molecule has 0 amide bonds. The molecule has 1 N–H and O–H groups in total. The molecule has 0 aromatic heterocycles. The van der Waals surface area contributed by atoms with Crippen LogP contribution in [0.2, 0.25) is 0 Å². The number of hydrogen-bond donors (Lipinski definition) is 1. The maximum absolute atomic E-state index is 13.5. The molecule has 0 bridgehead atoms. The summed E-state index contributed by atoms with van der Waals surface area (Å²) in [6.07, 6.45) is 2.04. The van der Waals surface area contributed by atoms with Crippen molar-refractivity contribution in [3.63, 3.8) is 0 Å². The Hall–Kier alpha value is -1.67. The molecule has 0 spiro atoms. The van der Waals surface area contributed by atoms with Gasteiger partial charge in [-0.05, 0) is 48.1 Å². The summed E-state index contributed by atoms with van der Waals surface area (Å²) in [4.78, 5) is 0. The third-order valence-electron chi connectivity index (χ3n) is 4.76. The summed E-state index contributed by atoms with van der Waals surface area (Å²) >= 11 is 0. The quantitative estimate of drug-likeness (QED) is 0.892. The van der Waals surface area contributed by atoms with Gasteiger partial charge in [0.05, 0.1) is 0 Å². The predicted octanol–water partition coefficient (Wildman–Crippen LogP) is 4.15. The highest BCUT2D eigenvalue weighted by atomic mass is 19.1. The molecule has 2 heteroatoms. The molecule has 0 saturated carbocycles. The molecule has 1 saturated heterocycles. The maximum atomic E-state index is 13.5. The molecule has 1 heterocycles. The summed E-state index contributed by atoms with van der Waals surface area (Å²) in [6, 6.07) is 17.7. The Labute approximate surface area is 126 Å². The average Bonchev–Trinajstić information content (AvgIpc) is 2.48. The summed E-state index contributed by atoms with van der Waals surface area (Å²) < 4.78 is 13.5. The minimum atomic E-state index is -0.138. The summed E-state index contributed by atoms with van der Waals surface area (Å²) in [5.41, 5.74) is 2.64. The fourth-order valence-corrected chi connectivity index (χ4v) is 3.57. The second kappa shape index (κ2) is 5.98. The van der Waals surface area contributed by atoms with E-state index in [2.05, 4.69) is 42.6 Å². The van der Waals surface area contributed by atoms with Gasteiger partial charge in [-0.3, -0.25) is 0 Å². The zero-order valence-corrected chi connectivity index (χ0v) is 12.5. The second-order valence-corrected chi connectivity index (χ2v) is 6.38. The van der Waals surface area contributed by atoms with E-state index < -0.39 is 0 Å². The van der Waals surface area contributed by atoms with Crippen molar-refractivity contribution >= 4 is 0 Å². The fourth-order valence-electron chi connectivity index (χ4n) is 3.57. The summed E-state index contributed by atoms with van der Waals surface area (Å²) in [6.45, 7) is 4.38. The first-order chi connectivity index (χ1) is 10.2. The van der Waals surface area contributed by atoms with Crippen molar-refractivity contribution in [2.75, 3.05) is 13.1 Å². The van der Waals surface area contributed by atoms with Crippen molar-refractivity contribution in [1.29, 1.82) is 0 Å². The summed E-state index contributed by atoms with van der Waals surface area (Å²) in [5.74, 6) is 0.331. The molecule has 2 atom stereocenters. The third-order valence-corrected chi connectivity index (χ3v) is 4.76. The van der Waals surface area contributed by atoms with Crippen LogP contribution in [-0.2, 0) is 6.42 Å². The Kier molecular flexibility index (Phi) is 4.07. The zero-order chi connectivity index (χ0) is 14.7. The van der Waals surface area contributed by atoms with E-state index >= 15 is 0 Å². The minimum absolute atomic E-state index is 0.138. The number of benzene rings is 2. The Morgan fingerprint density at radius 2 is 1.95 bits per heavy atom. The van der Waals surface area contributed by atoms with Gasteiger partial charge in [0.15, 0.2) is 0 Å². The van der Waals surface area contributed by atoms with Gasteiger partial charge in [-0.2, -0.15) is 0 Å². The highest BCUT2D eigenvalue weighted by Gasteiger charge is 2.37. The van der Waals surface area contributed by atoms with Crippen molar-refractivity contribution in [2.24, 2.45) is 5.41 Å². The second-order valence-electron chi connectivity index (χ2n) is 6.38. The van der Waals surface area contributed by atoms with E-state index in [1.807, 2.05) is 12.1 Å². The number of rotatable bonds is 3. The normalized spacial score (nSPS) is 25.7. The van der Waals surface area contributed by atoms with Crippen LogP contribution >= 0.6 is 0 Å². The van der Waals surface area contributed by atoms with Crippen LogP contribution in [0.15, 0.2) is 54.6 Å². The topological polar surface area (TPSA) is 12.0 Å². The van der Waals surface area contributed by atoms with Gasteiger partial charge in [0, 0.05) is 12.5 Å². The molecule has 3 rings (SSSR count). The molecular weight excluding hydrogens is 261 g/mol. The molecule has 2 aromatic carbocycles. The molecule has 1 aliphatic rings. The average molecular weight is 283 g/mol. The Morgan fingerprint density at radius 1 is 1.14 bits per heavy atom. The molecule has 0 aliphatic carbocycles. The maximum Gasteiger partial charge on any atom is 0.123 e. The van der Waals surface area contributed by atoms with E-state index in [1.54, 1.807) is 6.07 Å². The lowest BCUT2D eigenvalue weighted by Gasteiger charge is -2.42. The monoisotopic (exact) mass is 283 g/mol. The van der Waals surface area contributed by atoms with Crippen molar-refractivity contribution < 1.29 is 4.39 Å². The largest absolute Gasteiger partial charge is 0.316 e. The molecule has 1 nitrogen and oxygen atoms in total. The minimum Gasteiger partial charge on any atom is -0.316 e. The fraction of sp³-hybridized carbons (Fsp3) is 0.368. The van der Waals surface area contributed by atoms with Crippen molar-refractivity contribution in [1.82, 2.24) is 5.32 Å². The molecule has 21 heavy (non-hydrogen) atoms. The number of halogens is 1. The van der Waals surface area contributed by atoms with E-state index in [4.69, 9.17) is 0 Å². The number of nitrogens with one attached hydrogen (secondary N) is 1. The van der Waals surface area contributed by atoms with Gasteiger partial charge in [0.25, 0.3) is 0 Å². The third kappa shape index (κ3) is 3.16. The van der Waals surface area contributed by atoms with Gasteiger partial charge in [-0.25, -0.2) is 4.39 Å². The van der Waals surface area contributed by atoms with Crippen molar-refractivity contribution in [3.05, 3.63) is 71.5 Å². The Balaban J connectivity index is 1.88. The van der Waals surface area contributed by atoms with Gasteiger partial charge >= 0.3 is 0 Å². The van der Waals surface area contributed by atoms with E-state index in [1.165, 1.54) is 11.6 Å². The highest BCUT2D eigenvalue weighted by Crippen LogP contribution is 2.43. The van der Waals surface area contributed by atoms with Crippen LogP contribution in [0, 0.1) is 11.2 Å². The predicted molar refractivity (Wildman–Crippen MR) is 84.9 cm³/mol. The first-order valence-corrected chi connectivity index (χ1v) is 7.67. The Morgan fingerprint density at radius 3 is 2.71 bits per heavy atom. The molecule has 2 aromatic rings. The van der Waals surface area contributed by atoms with Gasteiger partial charge in [0.2, 0.25) is 0 Å². The smallest absolute Gasteiger partial charge is 0.123 e. The van der Waals surface area contributed by atoms with Crippen LogP contribution in [0.5, 0.6) is 0 Å². The standard InChI is InChI=1S/C19H22FN/c1-19(13-15-6-5-9-17(20)12-15)10-11-21-14-18(19)16-7-3-2-4-8-16/h2-9,12,18,21H,10-11,13-14H2,1H3. The first-order valence-electron chi connectivity index (χ1n) is 7.67. The zero-order valence-electron chi connectivity index (χ0n) is 12.5. The van der Waals surface area contributed by atoms with Crippen molar-refractivity contribution in [2.45, 2.75) is 25.7 Å². The highest BCUT2D eigenvalue weighted by molar-refractivity contribution is 5.26. The molecular formula is C19H22FN. The first kappa shape index (κ1) is 14.3. The van der Waals surface area contributed by atoms with Crippen molar-refractivity contribution in [3.8, 4) is 0 Å². The number of piperidine rings is 1. The van der Waals surface area contributed by atoms with Crippen LogP contribution in [0.3, 0.4) is 0 Å². The van der Waals surface area contributed by atoms with Gasteiger partial charge in [-0.15, -0.1) is 0 Å². The summed E-state index contributed by atoms with van der Waals surface area (Å²) in [7, 11) is 0. The van der Waals surface area contributed by atoms with Crippen LogP contribution in [0.25, 0.3) is 0 Å². The van der Waals surface area contributed by atoms with Crippen LogP contribution < -0.4 is 5.32 Å². The Bertz CT molecular complexity index is 596. The molecule has 1 fully saturated rings. The lowest BCUT2D eigenvalue weighted by molar-refractivity contribution is 0.186. The lowest BCUT2D eigenvalue weighted by atomic mass is 9.66. The van der Waals surface area contributed by atoms with Crippen LogP contribution in [0.4, 0.5) is 4.39 Å². The molecule has 1 aliphatic heterocycles. The lowest BCUT2D eigenvalue weighted by Crippen LogP contribution is -2.43. The van der Waals surface area contributed by atoms with Gasteiger partial charge < -0.3 is 5.32 Å². The summed E-state index contributed by atoms with van der Waals surface area (Å²) in [5, 5.41) is 3.51. The number of hydrogen-bond acceptors (Lipinski definition) is 1. The SMILES string of the molecule is CC1(Cc2cccc(F)c2)CCNCC1c1ccccc1. The van der Waals surface area contributed by atoms with E-state index in [9.17, 15) is 4.39 Å². The molecule has 110 valence electrons. The van der Waals surface area contributed by atoms with Crippen LogP contribution in [0.1, 0.15) is 30.4 Å². The molecule has 0 radical (unpaired) electrons. The molecule has 2 unspecified atom stereocenters. The van der Waals surface area contributed by atoms with E-state index in [0.29, 0.717) is 5.92 Å². The van der Waals surface area contributed by atoms with E-state index in [-0.39, 0.29) is 11.2 Å². The van der Waals surface area contributed by atoms with Gasteiger partial charge in [0.1, 0.15) is 5.82 Å². The van der Waals surface area contributed by atoms with E-state index in [0.717, 1.165) is 31.5 Å². The van der Waals surface area contributed by atoms with Crippen LogP contribution in [-0.4, -0.2) is 13.1 Å². The van der Waals surface area contributed by atoms with Gasteiger partial charge in [-0.1, -0.05) is 49.4 Å².